The highest BCUT2D eigenvalue weighted by Gasteiger charge is 2.49. The number of esters is 4. The number of hydrogen-bond donors (Lipinski definition) is 1. The Morgan fingerprint density at radius 3 is 1.56 bits per heavy atom. The molecule has 0 aromatic rings. The first-order valence-corrected chi connectivity index (χ1v) is 10.8. The molecular formula is C22H34O10. The lowest BCUT2D eigenvalue weighted by Gasteiger charge is -2.29. The molecule has 10 heteroatoms. The predicted molar refractivity (Wildman–Crippen MR) is 112 cm³/mol. The van der Waals surface area contributed by atoms with E-state index in [0.29, 0.717) is 37.8 Å². The molecule has 0 heterocycles. The van der Waals surface area contributed by atoms with Crippen molar-refractivity contribution in [3.63, 3.8) is 0 Å². The van der Waals surface area contributed by atoms with Crippen LogP contribution in [0, 0.1) is 0 Å². The third-order valence-corrected chi connectivity index (χ3v) is 4.14. The molecule has 0 aromatic carbocycles. The summed E-state index contributed by atoms with van der Waals surface area (Å²) in [5, 5.41) is 8.71. The molecule has 0 aliphatic carbocycles. The minimum atomic E-state index is -2.35. The normalized spacial score (nSPS) is 11.1. The lowest BCUT2D eigenvalue weighted by Crippen LogP contribution is -2.48. The van der Waals surface area contributed by atoms with Gasteiger partial charge >= 0.3 is 29.8 Å². The summed E-state index contributed by atoms with van der Waals surface area (Å²) in [6.45, 7) is 5.82. The van der Waals surface area contributed by atoms with E-state index in [1.165, 1.54) is 0 Å². The van der Waals surface area contributed by atoms with Gasteiger partial charge in [0.15, 0.2) is 0 Å². The van der Waals surface area contributed by atoms with Crippen molar-refractivity contribution in [2.24, 2.45) is 0 Å². The summed E-state index contributed by atoms with van der Waals surface area (Å²) >= 11 is 0. The van der Waals surface area contributed by atoms with Gasteiger partial charge in [-0.25, -0.2) is 14.4 Å². The van der Waals surface area contributed by atoms with E-state index in [-0.39, 0.29) is 19.8 Å². The van der Waals surface area contributed by atoms with Crippen LogP contribution in [0.15, 0.2) is 12.2 Å². The molecule has 0 spiro atoms. The molecule has 0 saturated heterocycles. The molecule has 1 N–H and O–H groups in total. The lowest BCUT2D eigenvalue weighted by atomic mass is 9.94. The van der Waals surface area contributed by atoms with Gasteiger partial charge in [-0.2, -0.15) is 0 Å². The number of hydrogen-bond acceptors (Lipinski definition) is 9. The van der Waals surface area contributed by atoms with E-state index in [0.717, 1.165) is 12.8 Å². The van der Waals surface area contributed by atoms with Gasteiger partial charge in [0.1, 0.15) is 0 Å². The molecule has 0 amide bonds. The van der Waals surface area contributed by atoms with E-state index in [2.05, 4.69) is 0 Å². The average molecular weight is 459 g/mol. The zero-order valence-electron chi connectivity index (χ0n) is 19.1. The number of carbonyl (C=O) groups is 5. The monoisotopic (exact) mass is 458 g/mol. The zero-order chi connectivity index (χ0) is 24.4. The second-order valence-corrected chi connectivity index (χ2v) is 7.08. The third-order valence-electron chi connectivity index (χ3n) is 4.14. The van der Waals surface area contributed by atoms with Gasteiger partial charge in [0.25, 0.3) is 0 Å². The van der Waals surface area contributed by atoms with Crippen LogP contribution in [0.25, 0.3) is 0 Å². The van der Waals surface area contributed by atoms with Crippen LogP contribution in [0.1, 0.15) is 72.1 Å². The van der Waals surface area contributed by atoms with E-state index >= 15 is 0 Å². The Kier molecular flexibility index (Phi) is 15.2. The SMILES string of the molecule is CCCCOC(=O)CC(CC(=O)OCCCC)(OC(=O)/C=C\C(=O)O)C(=O)OCCCC. The molecule has 0 rings (SSSR count). The summed E-state index contributed by atoms with van der Waals surface area (Å²) in [6.07, 6.45) is 3.42. The summed E-state index contributed by atoms with van der Waals surface area (Å²) in [7, 11) is 0. The highest BCUT2D eigenvalue weighted by Crippen LogP contribution is 2.26. The van der Waals surface area contributed by atoms with Crippen LogP contribution >= 0.6 is 0 Å². The number of carboxylic acid groups (broad SMARTS) is 1. The number of aliphatic carboxylic acids is 1. The first-order chi connectivity index (χ1) is 15.2. The second-order valence-electron chi connectivity index (χ2n) is 7.08. The third kappa shape index (κ3) is 12.7. The fourth-order valence-corrected chi connectivity index (χ4v) is 2.36. The summed E-state index contributed by atoms with van der Waals surface area (Å²) in [6, 6.07) is 0. The van der Waals surface area contributed by atoms with E-state index in [1.54, 1.807) is 0 Å². The molecular weight excluding hydrogens is 424 g/mol. The van der Waals surface area contributed by atoms with E-state index in [9.17, 15) is 24.0 Å². The topological polar surface area (TPSA) is 142 Å². The van der Waals surface area contributed by atoms with Crippen molar-refractivity contribution in [3.8, 4) is 0 Å². The van der Waals surface area contributed by atoms with Crippen LogP contribution in [0.2, 0.25) is 0 Å². The van der Waals surface area contributed by atoms with Gasteiger partial charge in [-0.05, 0) is 19.3 Å². The largest absolute Gasteiger partial charge is 0.478 e. The Balaban J connectivity index is 5.82. The van der Waals surface area contributed by atoms with Gasteiger partial charge in [-0.15, -0.1) is 0 Å². The molecule has 0 fully saturated rings. The van der Waals surface area contributed by atoms with E-state index < -0.39 is 48.3 Å². The minimum Gasteiger partial charge on any atom is -0.478 e. The molecule has 0 saturated carbocycles. The smallest absolute Gasteiger partial charge is 0.351 e. The molecule has 0 bridgehead atoms. The van der Waals surface area contributed by atoms with Crippen molar-refractivity contribution in [3.05, 3.63) is 12.2 Å². The number of rotatable bonds is 17. The number of ether oxygens (including phenoxy) is 4. The fourth-order valence-electron chi connectivity index (χ4n) is 2.36. The van der Waals surface area contributed by atoms with Gasteiger partial charge < -0.3 is 24.1 Å². The molecule has 182 valence electrons. The Labute approximate surface area is 188 Å². The number of carbonyl (C=O) groups excluding carboxylic acids is 4. The maximum Gasteiger partial charge on any atom is 0.351 e. The van der Waals surface area contributed by atoms with Crippen LogP contribution in [0.3, 0.4) is 0 Å². The molecule has 0 radical (unpaired) electrons. The minimum absolute atomic E-state index is 0.0185. The van der Waals surface area contributed by atoms with Gasteiger partial charge in [-0.1, -0.05) is 40.0 Å². The quantitative estimate of drug-likeness (QED) is 0.150. The highest BCUT2D eigenvalue weighted by atomic mass is 16.6. The highest BCUT2D eigenvalue weighted by molar-refractivity contribution is 5.96. The first-order valence-electron chi connectivity index (χ1n) is 10.8. The molecule has 32 heavy (non-hydrogen) atoms. The van der Waals surface area contributed by atoms with Gasteiger partial charge in [0.05, 0.1) is 32.7 Å². The lowest BCUT2D eigenvalue weighted by molar-refractivity contribution is -0.189. The van der Waals surface area contributed by atoms with Crippen LogP contribution in [0.4, 0.5) is 0 Å². The maximum atomic E-state index is 12.9. The first kappa shape index (κ1) is 29.1. The van der Waals surface area contributed by atoms with Gasteiger partial charge in [0, 0.05) is 12.2 Å². The van der Waals surface area contributed by atoms with Crippen molar-refractivity contribution in [2.45, 2.75) is 77.7 Å². The predicted octanol–water partition coefficient (Wildman–Crippen LogP) is 2.72. The molecule has 10 nitrogen and oxygen atoms in total. The summed E-state index contributed by atoms with van der Waals surface area (Å²) < 4.78 is 20.5. The zero-order valence-corrected chi connectivity index (χ0v) is 19.1. The summed E-state index contributed by atoms with van der Waals surface area (Å²) in [5.41, 5.74) is -2.35. The van der Waals surface area contributed by atoms with Crippen molar-refractivity contribution in [1.29, 1.82) is 0 Å². The maximum absolute atomic E-state index is 12.9. The fraction of sp³-hybridized carbons (Fsp3) is 0.682. The van der Waals surface area contributed by atoms with Crippen LogP contribution < -0.4 is 0 Å². The Morgan fingerprint density at radius 1 is 0.719 bits per heavy atom. The molecule has 0 aliphatic rings. The van der Waals surface area contributed by atoms with Crippen LogP contribution in [0.5, 0.6) is 0 Å². The van der Waals surface area contributed by atoms with Gasteiger partial charge in [-0.3, -0.25) is 9.59 Å². The van der Waals surface area contributed by atoms with E-state index in [4.69, 9.17) is 24.1 Å². The van der Waals surface area contributed by atoms with Crippen molar-refractivity contribution in [1.82, 2.24) is 0 Å². The Morgan fingerprint density at radius 2 is 1.16 bits per heavy atom. The number of carboxylic acids is 1. The standard InChI is InChI=1S/C22H34O10/c1-4-7-12-29-19(26)15-22(21(28)31-14-9-6-3,16-20(27)30-13-8-5-2)32-18(25)11-10-17(23)24/h10-11H,4-9,12-16H2,1-3H3,(H,23,24)/b11-10-. The van der Waals surface area contributed by atoms with Crippen LogP contribution in [-0.2, 0) is 42.9 Å². The number of unbranched alkanes of at least 4 members (excludes halogenated alkanes) is 3. The van der Waals surface area contributed by atoms with Gasteiger partial charge in [0.2, 0.25) is 5.60 Å². The van der Waals surface area contributed by atoms with Crippen LogP contribution in [-0.4, -0.2) is 60.4 Å². The van der Waals surface area contributed by atoms with Crippen molar-refractivity contribution >= 4 is 29.8 Å². The Bertz CT molecular complexity index is 629. The summed E-state index contributed by atoms with van der Waals surface area (Å²) in [5.74, 6) is -5.51. The Hall–Kier alpha value is -2.91. The summed E-state index contributed by atoms with van der Waals surface area (Å²) in [4.78, 5) is 60.5. The molecule has 0 unspecified atom stereocenters. The molecule has 0 atom stereocenters. The molecule has 0 aromatic heterocycles. The average Bonchev–Trinajstić information content (AvgIpc) is 2.72. The second kappa shape index (κ2) is 16.7. The molecule has 0 aliphatic heterocycles. The van der Waals surface area contributed by atoms with Crippen molar-refractivity contribution in [2.75, 3.05) is 19.8 Å². The van der Waals surface area contributed by atoms with E-state index in [1.807, 2.05) is 20.8 Å². The van der Waals surface area contributed by atoms with Crippen molar-refractivity contribution < 1.29 is 48.0 Å².